The first-order valence-electron chi connectivity index (χ1n) is 9.11. The number of carbonyl (C=O) groups is 1. The summed E-state index contributed by atoms with van der Waals surface area (Å²) in [6, 6.07) is 16.8. The fourth-order valence-corrected chi connectivity index (χ4v) is 4.15. The Bertz CT molecular complexity index is 1170. The van der Waals surface area contributed by atoms with Gasteiger partial charge in [0, 0.05) is 6.42 Å². The van der Waals surface area contributed by atoms with Crippen molar-refractivity contribution in [3.63, 3.8) is 0 Å². The number of hydrogen-bond donors (Lipinski definition) is 1. The number of benzene rings is 2. The molecule has 0 radical (unpaired) electrons. The molecular weight excluding hydrogens is 387 g/mol. The topological polar surface area (TPSA) is 73.8 Å². The van der Waals surface area contributed by atoms with Gasteiger partial charge in [0.2, 0.25) is 0 Å². The molecule has 7 heteroatoms. The van der Waals surface area contributed by atoms with Gasteiger partial charge in [0.1, 0.15) is 12.1 Å². The van der Waals surface area contributed by atoms with Crippen molar-refractivity contribution in [3.05, 3.63) is 93.9 Å². The fourth-order valence-electron chi connectivity index (χ4n) is 3.19. The summed E-state index contributed by atoms with van der Waals surface area (Å²) in [6.45, 7) is 2.31. The first-order valence-corrected chi connectivity index (χ1v) is 9.92. The second kappa shape index (κ2) is 7.97. The van der Waals surface area contributed by atoms with E-state index < -0.39 is 5.91 Å². The van der Waals surface area contributed by atoms with Crippen LogP contribution in [0.1, 0.15) is 31.9 Å². The molecular formula is C22H19FN4OS. The zero-order valence-electron chi connectivity index (χ0n) is 15.8. The van der Waals surface area contributed by atoms with E-state index in [-0.39, 0.29) is 5.82 Å². The molecule has 5 nitrogen and oxygen atoms in total. The summed E-state index contributed by atoms with van der Waals surface area (Å²) in [7, 11) is 0. The summed E-state index contributed by atoms with van der Waals surface area (Å²) in [6.07, 6.45) is 2.17. The van der Waals surface area contributed by atoms with Gasteiger partial charge in [-0.2, -0.15) is 0 Å². The molecule has 0 fully saturated rings. The zero-order chi connectivity index (χ0) is 20.4. The van der Waals surface area contributed by atoms with Gasteiger partial charge in [0.15, 0.2) is 5.82 Å². The van der Waals surface area contributed by atoms with E-state index in [9.17, 15) is 9.18 Å². The van der Waals surface area contributed by atoms with Crippen molar-refractivity contribution in [2.24, 2.45) is 5.73 Å². The molecule has 2 aromatic carbocycles. The maximum absolute atomic E-state index is 14.3. The number of halogens is 1. The molecule has 4 aromatic rings. The number of thiophene rings is 1. The lowest BCUT2D eigenvalue weighted by Gasteiger charge is -2.07. The van der Waals surface area contributed by atoms with Crippen LogP contribution in [0.15, 0.2) is 60.9 Å². The molecule has 2 N–H and O–H groups in total. The van der Waals surface area contributed by atoms with E-state index in [2.05, 4.69) is 10.1 Å². The lowest BCUT2D eigenvalue weighted by atomic mass is 10.0. The molecule has 2 heterocycles. The molecule has 29 heavy (non-hydrogen) atoms. The molecule has 0 aliphatic carbocycles. The predicted octanol–water partition coefficient (Wildman–Crippen LogP) is 4.19. The monoisotopic (exact) mass is 406 g/mol. The Labute approximate surface area is 171 Å². The third-order valence-corrected chi connectivity index (χ3v) is 5.84. The smallest absolute Gasteiger partial charge is 0.259 e. The Morgan fingerprint density at radius 2 is 1.93 bits per heavy atom. The van der Waals surface area contributed by atoms with Crippen LogP contribution in [0.2, 0.25) is 0 Å². The summed E-state index contributed by atoms with van der Waals surface area (Å²) >= 11 is 1.28. The van der Waals surface area contributed by atoms with Gasteiger partial charge in [-0.05, 0) is 41.3 Å². The SMILES string of the molecule is Cc1cc(-c2ncn(Cc3ccc(F)c(Cc4ccccc4)c3)n2)sc1C(N)=O. The number of aromatic nitrogens is 3. The van der Waals surface area contributed by atoms with Crippen molar-refractivity contribution in [1.82, 2.24) is 14.8 Å². The van der Waals surface area contributed by atoms with Crippen LogP contribution in [-0.2, 0) is 13.0 Å². The van der Waals surface area contributed by atoms with Gasteiger partial charge in [0.05, 0.1) is 16.3 Å². The number of nitrogens with zero attached hydrogens (tertiary/aromatic N) is 3. The van der Waals surface area contributed by atoms with Crippen LogP contribution in [0.4, 0.5) is 4.39 Å². The number of primary amides is 1. The highest BCUT2D eigenvalue weighted by molar-refractivity contribution is 7.17. The molecule has 0 saturated carbocycles. The molecule has 0 aliphatic rings. The average Bonchev–Trinajstić information content (AvgIpc) is 3.32. The maximum Gasteiger partial charge on any atom is 0.259 e. The molecule has 0 unspecified atom stereocenters. The minimum atomic E-state index is -0.449. The minimum Gasteiger partial charge on any atom is -0.365 e. The summed E-state index contributed by atoms with van der Waals surface area (Å²) in [5.74, 6) is -0.127. The van der Waals surface area contributed by atoms with Gasteiger partial charge in [-0.15, -0.1) is 16.4 Å². The molecule has 2 aromatic heterocycles. The Kier molecular flexibility index (Phi) is 5.22. The summed E-state index contributed by atoms with van der Waals surface area (Å²) < 4.78 is 16.0. The second-order valence-electron chi connectivity index (χ2n) is 6.84. The lowest BCUT2D eigenvalue weighted by Crippen LogP contribution is -2.09. The van der Waals surface area contributed by atoms with E-state index in [1.165, 1.54) is 17.4 Å². The normalized spacial score (nSPS) is 11.0. The Balaban J connectivity index is 1.54. The van der Waals surface area contributed by atoms with E-state index in [4.69, 9.17) is 5.73 Å². The molecule has 146 valence electrons. The first-order chi connectivity index (χ1) is 14.0. The van der Waals surface area contributed by atoms with E-state index in [0.717, 1.165) is 21.6 Å². The van der Waals surface area contributed by atoms with Gasteiger partial charge in [-0.1, -0.05) is 42.5 Å². The molecule has 4 rings (SSSR count). The van der Waals surface area contributed by atoms with Crippen LogP contribution in [0.25, 0.3) is 10.7 Å². The van der Waals surface area contributed by atoms with Crippen LogP contribution in [0, 0.1) is 12.7 Å². The molecule has 0 atom stereocenters. The predicted molar refractivity (Wildman–Crippen MR) is 111 cm³/mol. The highest BCUT2D eigenvalue weighted by Gasteiger charge is 2.14. The van der Waals surface area contributed by atoms with Crippen LogP contribution in [-0.4, -0.2) is 20.7 Å². The van der Waals surface area contributed by atoms with Gasteiger partial charge < -0.3 is 5.73 Å². The summed E-state index contributed by atoms with van der Waals surface area (Å²) in [4.78, 5) is 17.1. The Morgan fingerprint density at radius 3 is 2.66 bits per heavy atom. The fraction of sp³-hybridized carbons (Fsp3) is 0.136. The van der Waals surface area contributed by atoms with Crippen molar-refractivity contribution < 1.29 is 9.18 Å². The van der Waals surface area contributed by atoms with E-state index >= 15 is 0 Å². The van der Waals surface area contributed by atoms with Gasteiger partial charge in [-0.25, -0.2) is 14.1 Å². The largest absolute Gasteiger partial charge is 0.365 e. The Morgan fingerprint density at radius 1 is 1.14 bits per heavy atom. The highest BCUT2D eigenvalue weighted by atomic mass is 32.1. The molecule has 0 aliphatic heterocycles. The van der Waals surface area contributed by atoms with E-state index in [0.29, 0.717) is 29.2 Å². The van der Waals surface area contributed by atoms with Crippen LogP contribution >= 0.6 is 11.3 Å². The van der Waals surface area contributed by atoms with Crippen LogP contribution in [0.5, 0.6) is 0 Å². The molecule has 0 saturated heterocycles. The van der Waals surface area contributed by atoms with Crippen molar-refractivity contribution in [2.45, 2.75) is 19.9 Å². The quantitative estimate of drug-likeness (QED) is 0.522. The van der Waals surface area contributed by atoms with Crippen LogP contribution in [0.3, 0.4) is 0 Å². The summed E-state index contributed by atoms with van der Waals surface area (Å²) in [5, 5.41) is 4.50. The van der Waals surface area contributed by atoms with E-state index in [1.807, 2.05) is 49.4 Å². The highest BCUT2D eigenvalue weighted by Crippen LogP contribution is 2.28. The first kappa shape index (κ1) is 19.0. The zero-order valence-corrected chi connectivity index (χ0v) is 16.6. The minimum absolute atomic E-state index is 0.218. The van der Waals surface area contributed by atoms with Crippen molar-refractivity contribution in [2.75, 3.05) is 0 Å². The van der Waals surface area contributed by atoms with Crippen molar-refractivity contribution in [1.29, 1.82) is 0 Å². The number of amides is 1. The standard InChI is InChI=1S/C22H19FN4OS/c1-14-9-19(29-20(14)21(24)28)22-25-13-27(26-22)12-16-7-8-18(23)17(11-16)10-15-5-3-2-4-6-15/h2-9,11,13H,10,12H2,1H3,(H2,24,28). The van der Waals surface area contributed by atoms with Crippen molar-refractivity contribution in [3.8, 4) is 10.7 Å². The third-order valence-electron chi connectivity index (χ3n) is 4.59. The number of nitrogens with two attached hydrogens (primary N) is 1. The van der Waals surface area contributed by atoms with Crippen LogP contribution < -0.4 is 5.73 Å². The maximum atomic E-state index is 14.3. The Hall–Kier alpha value is -3.32. The van der Waals surface area contributed by atoms with Gasteiger partial charge in [-0.3, -0.25) is 4.79 Å². The number of carbonyl (C=O) groups excluding carboxylic acids is 1. The van der Waals surface area contributed by atoms with Crippen molar-refractivity contribution >= 4 is 17.2 Å². The molecule has 1 amide bonds. The number of aryl methyl sites for hydroxylation is 1. The summed E-state index contributed by atoms with van der Waals surface area (Å²) in [5.41, 5.74) is 8.85. The molecule has 0 bridgehead atoms. The lowest BCUT2D eigenvalue weighted by molar-refractivity contribution is 0.100. The van der Waals surface area contributed by atoms with Gasteiger partial charge >= 0.3 is 0 Å². The average molecular weight is 406 g/mol. The second-order valence-corrected chi connectivity index (χ2v) is 7.89. The van der Waals surface area contributed by atoms with E-state index in [1.54, 1.807) is 17.1 Å². The number of hydrogen-bond acceptors (Lipinski definition) is 4. The third kappa shape index (κ3) is 4.25. The molecule has 0 spiro atoms. The number of rotatable bonds is 6. The van der Waals surface area contributed by atoms with Gasteiger partial charge in [0.25, 0.3) is 5.91 Å².